The summed E-state index contributed by atoms with van der Waals surface area (Å²) in [7, 11) is 1.59. The first-order valence-corrected chi connectivity index (χ1v) is 20.7. The van der Waals surface area contributed by atoms with Crippen molar-refractivity contribution in [1.29, 1.82) is 0 Å². The van der Waals surface area contributed by atoms with Gasteiger partial charge < -0.3 is 48.6 Å². The number of ether oxygens (including phenoxy) is 7. The van der Waals surface area contributed by atoms with Gasteiger partial charge in [0, 0.05) is 38.7 Å². The molecule has 55 heavy (non-hydrogen) atoms. The first-order valence-electron chi connectivity index (χ1n) is 20.7. The number of methoxy groups -OCH3 is 1. The Kier molecular flexibility index (Phi) is 12.5. The zero-order valence-electron chi connectivity index (χ0n) is 33.4. The average Bonchev–Trinajstić information content (AvgIpc) is 3.50. The van der Waals surface area contributed by atoms with Gasteiger partial charge in [0.2, 0.25) is 0 Å². The lowest BCUT2D eigenvalue weighted by atomic mass is 9.71. The number of aliphatic hydroxyl groups is 2. The van der Waals surface area contributed by atoms with E-state index in [0.29, 0.717) is 55.1 Å². The molecule has 306 valence electrons. The lowest BCUT2D eigenvalue weighted by Crippen LogP contribution is -2.57. The number of esters is 1. The Labute approximate surface area is 325 Å². The molecule has 0 aromatic rings. The minimum Gasteiger partial charge on any atom is -0.462 e. The second kappa shape index (κ2) is 16.8. The van der Waals surface area contributed by atoms with Crippen molar-refractivity contribution in [3.05, 3.63) is 47.1 Å². The van der Waals surface area contributed by atoms with E-state index in [2.05, 4.69) is 32.0 Å². The smallest absolute Gasteiger partial charge is 0.316 e. The van der Waals surface area contributed by atoms with Crippen molar-refractivity contribution in [2.75, 3.05) is 13.7 Å². The largest absolute Gasteiger partial charge is 0.462 e. The summed E-state index contributed by atoms with van der Waals surface area (Å²) >= 11 is 0. The Bertz CT molecular complexity index is 1550. The molecule has 5 heterocycles. The highest BCUT2D eigenvalue weighted by molar-refractivity contribution is 6.06. The third-order valence-electron chi connectivity index (χ3n) is 13.6. The standard InChI is InChI=1S/C43H63NO11/c1-24-11-10-14-30-23-50-40-36(44-48)27(4)19-33(43(30,40)47)41(46)52-32-20-31(16-15-25(2)38(24)53-35-21-34(49-6)37(45)28(5)51-35)54-42(22-32)18-17-26(3)39(55-42)29-12-8-7-9-13-29/h10-11,14-15,19,24,26,28-29,31-35,37-40,45,47-48H,7-9,12-13,16-18,20-23H2,1-6H3/t24?,26?,28?,31-,32+,33+,34?,35?,37?,38?,39?,40-,42-,43-/m1/s1. The minimum absolute atomic E-state index is 0.0359. The number of hydrogen-bond donors (Lipinski definition) is 3. The van der Waals surface area contributed by atoms with Crippen molar-refractivity contribution in [1.82, 2.24) is 0 Å². The van der Waals surface area contributed by atoms with E-state index in [0.717, 1.165) is 24.8 Å². The minimum atomic E-state index is -1.83. The highest BCUT2D eigenvalue weighted by atomic mass is 16.7. The van der Waals surface area contributed by atoms with Crippen LogP contribution in [0, 0.1) is 23.7 Å². The van der Waals surface area contributed by atoms with Crippen molar-refractivity contribution in [2.24, 2.45) is 28.8 Å². The molecule has 14 atom stereocenters. The fourth-order valence-corrected chi connectivity index (χ4v) is 10.4. The van der Waals surface area contributed by atoms with E-state index in [1.807, 2.05) is 19.1 Å². The van der Waals surface area contributed by atoms with Gasteiger partial charge in [-0.25, -0.2) is 0 Å². The molecule has 8 unspecified atom stereocenters. The van der Waals surface area contributed by atoms with Crippen LogP contribution in [0.4, 0.5) is 0 Å². The molecule has 1 saturated carbocycles. The molecule has 2 bridgehead atoms. The quantitative estimate of drug-likeness (QED) is 0.132. The molecule has 12 heteroatoms. The van der Waals surface area contributed by atoms with Crippen LogP contribution in [0.5, 0.6) is 0 Å². The summed E-state index contributed by atoms with van der Waals surface area (Å²) in [5.74, 6) is -1.83. The van der Waals surface area contributed by atoms with Gasteiger partial charge in [-0.15, -0.1) is 0 Å². The lowest BCUT2D eigenvalue weighted by Gasteiger charge is -2.51. The number of carbonyl (C=O) groups excluding carboxylic acids is 1. The maximum absolute atomic E-state index is 14.4. The van der Waals surface area contributed by atoms with E-state index in [4.69, 9.17) is 33.2 Å². The summed E-state index contributed by atoms with van der Waals surface area (Å²) < 4.78 is 45.1. The summed E-state index contributed by atoms with van der Waals surface area (Å²) in [5, 5.41) is 36.7. The van der Waals surface area contributed by atoms with Gasteiger partial charge >= 0.3 is 5.97 Å². The molecule has 1 spiro atoms. The molecule has 7 rings (SSSR count). The Morgan fingerprint density at radius 2 is 1.80 bits per heavy atom. The van der Waals surface area contributed by atoms with Crippen LogP contribution in [-0.2, 0) is 38.0 Å². The molecular formula is C43H63NO11. The molecule has 12 nitrogen and oxygen atoms in total. The molecule has 7 aliphatic rings. The second-order valence-corrected chi connectivity index (χ2v) is 17.4. The molecule has 0 aromatic heterocycles. The van der Waals surface area contributed by atoms with E-state index in [9.17, 15) is 20.2 Å². The van der Waals surface area contributed by atoms with Gasteiger partial charge in [0.05, 0.1) is 37.1 Å². The Hall–Kier alpha value is -2.42. The average molecular weight is 770 g/mol. The van der Waals surface area contributed by atoms with Crippen molar-refractivity contribution in [2.45, 2.75) is 172 Å². The third kappa shape index (κ3) is 8.17. The van der Waals surface area contributed by atoms with E-state index in [1.54, 1.807) is 26.2 Å². The van der Waals surface area contributed by atoms with Gasteiger partial charge in [0.1, 0.15) is 35.5 Å². The van der Waals surface area contributed by atoms with Crippen LogP contribution in [0.25, 0.3) is 0 Å². The fraction of sp³-hybridized carbons (Fsp3) is 0.767. The molecule has 0 aromatic carbocycles. The van der Waals surface area contributed by atoms with Crippen molar-refractivity contribution in [3.8, 4) is 0 Å². The van der Waals surface area contributed by atoms with Crippen LogP contribution in [0.1, 0.15) is 105 Å². The topological polar surface area (TPSA) is 155 Å². The number of nitrogens with zero attached hydrogens (tertiary/aromatic N) is 1. The number of hydrogen-bond acceptors (Lipinski definition) is 12. The monoisotopic (exact) mass is 769 g/mol. The fourth-order valence-electron chi connectivity index (χ4n) is 10.4. The van der Waals surface area contributed by atoms with Crippen LogP contribution in [-0.4, -0.2) is 107 Å². The highest BCUT2D eigenvalue weighted by Gasteiger charge is 2.60. The number of rotatable bonds is 4. The maximum Gasteiger partial charge on any atom is 0.316 e. The summed E-state index contributed by atoms with van der Waals surface area (Å²) in [5.41, 5.74) is 0.362. The number of fused-ring (bicyclic) bond motifs is 2. The zero-order chi connectivity index (χ0) is 39.1. The number of allylic oxidation sites excluding steroid dienone is 2. The van der Waals surface area contributed by atoms with Crippen LogP contribution < -0.4 is 0 Å². The van der Waals surface area contributed by atoms with Gasteiger partial charge in [-0.3, -0.25) is 4.79 Å². The zero-order valence-corrected chi connectivity index (χ0v) is 33.4. The molecule has 2 aliphatic carbocycles. The SMILES string of the molecule is COC1CC(OC2C(C)=CC[C@@H]3C[C@@H](C[C@]4(CCC(C)C(C5CCCCC5)O4)O3)OC(=O)[C@@H]3C=C(C)C(=NO)[C@H]4OCC(=CC=CC2C)[C@]43O)OC(C)C1O. The van der Waals surface area contributed by atoms with E-state index < -0.39 is 66.2 Å². The van der Waals surface area contributed by atoms with Gasteiger partial charge in [-0.2, -0.15) is 0 Å². The summed E-state index contributed by atoms with van der Waals surface area (Å²) in [6.07, 6.45) is 14.4. The first kappa shape index (κ1) is 40.8. The van der Waals surface area contributed by atoms with Gasteiger partial charge in [0.15, 0.2) is 12.1 Å². The Balaban J connectivity index is 1.25. The van der Waals surface area contributed by atoms with E-state index in [-0.39, 0.29) is 30.4 Å². The maximum atomic E-state index is 14.4. The van der Waals surface area contributed by atoms with Crippen LogP contribution in [0.15, 0.2) is 52.3 Å². The van der Waals surface area contributed by atoms with E-state index >= 15 is 0 Å². The second-order valence-electron chi connectivity index (χ2n) is 17.4. The predicted octanol–water partition coefficient (Wildman–Crippen LogP) is 6.07. The molecular weight excluding hydrogens is 706 g/mol. The van der Waals surface area contributed by atoms with Gasteiger partial charge in [-0.1, -0.05) is 68.6 Å². The lowest BCUT2D eigenvalue weighted by molar-refractivity contribution is -0.342. The normalized spacial score (nSPS) is 45.4. The molecule has 5 aliphatic heterocycles. The Morgan fingerprint density at radius 1 is 1.02 bits per heavy atom. The highest BCUT2D eigenvalue weighted by Crippen LogP contribution is 2.48. The van der Waals surface area contributed by atoms with Gasteiger partial charge in [0.25, 0.3) is 0 Å². The third-order valence-corrected chi connectivity index (χ3v) is 13.6. The van der Waals surface area contributed by atoms with Crippen molar-refractivity contribution >= 4 is 11.7 Å². The molecule has 5 fully saturated rings. The van der Waals surface area contributed by atoms with Gasteiger partial charge in [-0.05, 0) is 75.0 Å². The molecule has 0 amide bonds. The van der Waals surface area contributed by atoms with Crippen LogP contribution >= 0.6 is 0 Å². The number of aliphatic hydroxyl groups excluding tert-OH is 1. The first-order chi connectivity index (χ1) is 26.4. The predicted molar refractivity (Wildman–Crippen MR) is 203 cm³/mol. The summed E-state index contributed by atoms with van der Waals surface area (Å²) in [6.45, 7) is 10.0. The van der Waals surface area contributed by atoms with Crippen molar-refractivity contribution < 1.29 is 53.4 Å². The number of carbonyl (C=O) groups is 1. The molecule has 4 saturated heterocycles. The summed E-state index contributed by atoms with van der Waals surface area (Å²) in [6, 6.07) is 0. The van der Waals surface area contributed by atoms with Crippen molar-refractivity contribution in [3.63, 3.8) is 0 Å². The molecule has 0 radical (unpaired) electrons. The van der Waals surface area contributed by atoms with Crippen LogP contribution in [0.2, 0.25) is 0 Å². The molecule has 3 N–H and O–H groups in total. The van der Waals surface area contributed by atoms with E-state index in [1.165, 1.54) is 19.3 Å². The van der Waals surface area contributed by atoms with Crippen LogP contribution in [0.3, 0.4) is 0 Å². The summed E-state index contributed by atoms with van der Waals surface area (Å²) in [4.78, 5) is 14.4. The Morgan fingerprint density at radius 3 is 2.55 bits per heavy atom. The number of oxime groups is 1.